The minimum atomic E-state index is 0.424. The van der Waals surface area contributed by atoms with Gasteiger partial charge in [0.2, 0.25) is 0 Å². The summed E-state index contributed by atoms with van der Waals surface area (Å²) in [7, 11) is 0. The smallest absolute Gasteiger partial charge is 0.162 e. The molecule has 0 bridgehead atoms. The van der Waals surface area contributed by atoms with E-state index in [4.69, 9.17) is 19.9 Å². The maximum Gasteiger partial charge on any atom is 0.162 e. The normalized spacial score (nSPS) is 11.2. The Morgan fingerprint density at radius 2 is 0.676 bits per heavy atom. The van der Waals surface area contributed by atoms with Gasteiger partial charge in [-0.15, -0.1) is 0 Å². The summed E-state index contributed by atoms with van der Waals surface area (Å²) in [5, 5.41) is 13.2. The molecule has 3 heterocycles. The average Bonchev–Trinajstić information content (AvgIpc) is 3.76. The number of fused-ring (bicyclic) bond motifs is 3. The lowest BCUT2D eigenvalue weighted by atomic mass is 9.99. The number of aryl methyl sites for hydroxylation is 2. The molecule has 3 aromatic heterocycles. The molecule has 0 N–H and O–H groups in total. The number of benzene rings is 9. The molecule has 0 saturated carbocycles. The lowest BCUT2D eigenvalue weighted by molar-refractivity contribution is 1.12. The lowest BCUT2D eigenvalue weighted by Gasteiger charge is -2.20. The van der Waals surface area contributed by atoms with Crippen molar-refractivity contribution < 1.29 is 0 Å². The van der Waals surface area contributed by atoms with Gasteiger partial charge < -0.3 is 4.57 Å². The Bertz CT molecular complexity index is 3640. The van der Waals surface area contributed by atoms with Crippen molar-refractivity contribution in [3.63, 3.8) is 0 Å². The van der Waals surface area contributed by atoms with E-state index in [-0.39, 0.29) is 0 Å². The van der Waals surface area contributed by atoms with E-state index in [1.807, 2.05) is 97.1 Å². The van der Waals surface area contributed by atoms with Crippen molar-refractivity contribution in [1.82, 2.24) is 24.5 Å². The predicted molar refractivity (Wildman–Crippen MR) is 290 cm³/mol. The fourth-order valence-corrected chi connectivity index (χ4v) is 9.72. The Labute approximate surface area is 412 Å². The summed E-state index contributed by atoms with van der Waals surface area (Å²) in [4.78, 5) is 21.7. The number of aromatic nitrogens is 5. The summed E-state index contributed by atoms with van der Waals surface area (Å²) in [6, 6.07) is 82.0. The third kappa shape index (κ3) is 8.22. The molecule has 0 aliphatic rings. The first-order valence-electron chi connectivity index (χ1n) is 23.8. The number of nitrogens with zero attached hydrogens (tertiary/aromatic N) is 6. The highest BCUT2D eigenvalue weighted by Crippen LogP contribution is 2.44. The van der Waals surface area contributed by atoms with Crippen LogP contribution >= 0.6 is 0 Å². The predicted octanol–water partition coefficient (Wildman–Crippen LogP) is 16.2. The van der Waals surface area contributed by atoms with Gasteiger partial charge in [-0.3, -0.25) is 0 Å². The second kappa shape index (κ2) is 18.2. The van der Waals surface area contributed by atoms with Crippen LogP contribution in [0.1, 0.15) is 16.7 Å². The van der Waals surface area contributed by atoms with Crippen molar-refractivity contribution in [2.75, 3.05) is 0 Å². The van der Waals surface area contributed by atoms with Gasteiger partial charge in [0, 0.05) is 44.2 Å². The van der Waals surface area contributed by atoms with Crippen LogP contribution in [-0.2, 0) is 0 Å². The molecule has 6 heteroatoms. The van der Waals surface area contributed by atoms with Crippen LogP contribution in [-0.4, -0.2) is 24.5 Å². The first-order chi connectivity index (χ1) is 34.9. The molecule has 0 amide bonds. The zero-order valence-electron chi connectivity index (χ0n) is 39.1. The molecular formula is C65H44N6. The first kappa shape index (κ1) is 42.8. The molecule has 12 rings (SSSR count). The highest BCUT2D eigenvalue weighted by molar-refractivity contribution is 6.13. The summed E-state index contributed by atoms with van der Waals surface area (Å²) < 4.78 is 2.32. The lowest BCUT2D eigenvalue weighted by Crippen LogP contribution is -2.06. The van der Waals surface area contributed by atoms with Crippen LogP contribution in [0, 0.1) is 25.2 Å². The van der Waals surface area contributed by atoms with Crippen LogP contribution < -0.4 is 0 Å². The van der Waals surface area contributed by atoms with Crippen molar-refractivity contribution in [1.29, 1.82) is 5.26 Å². The maximum absolute atomic E-state index is 11.1. The van der Waals surface area contributed by atoms with Gasteiger partial charge in [-0.1, -0.05) is 193 Å². The quantitative estimate of drug-likeness (QED) is 0.144. The fraction of sp³-hybridized carbons (Fsp3) is 0.0308. The van der Waals surface area contributed by atoms with Gasteiger partial charge in [0.25, 0.3) is 0 Å². The van der Waals surface area contributed by atoms with Crippen LogP contribution in [0.25, 0.3) is 118 Å². The molecule has 0 unspecified atom stereocenters. The van der Waals surface area contributed by atoms with Crippen molar-refractivity contribution >= 4 is 21.8 Å². The zero-order valence-corrected chi connectivity index (χ0v) is 39.1. The summed E-state index contributed by atoms with van der Waals surface area (Å²) >= 11 is 0. The van der Waals surface area contributed by atoms with Crippen LogP contribution in [0.4, 0.5) is 0 Å². The monoisotopic (exact) mass is 908 g/mol. The molecule has 0 atom stereocenters. The minimum Gasteiger partial charge on any atom is -0.308 e. The van der Waals surface area contributed by atoms with Crippen molar-refractivity contribution in [2.24, 2.45) is 0 Å². The molecule has 334 valence electrons. The molecule has 0 aliphatic carbocycles. The Morgan fingerprint density at radius 3 is 1.01 bits per heavy atom. The van der Waals surface area contributed by atoms with E-state index in [9.17, 15) is 5.26 Å². The Kier molecular flexibility index (Phi) is 10.9. The van der Waals surface area contributed by atoms with Crippen molar-refractivity contribution in [3.8, 4) is 102 Å². The fourth-order valence-electron chi connectivity index (χ4n) is 9.72. The van der Waals surface area contributed by atoms with Crippen LogP contribution in [0.15, 0.2) is 231 Å². The van der Waals surface area contributed by atoms with E-state index in [1.165, 1.54) is 11.1 Å². The Hall–Kier alpha value is -9.57. The third-order valence-corrected chi connectivity index (χ3v) is 13.1. The molecule has 0 aliphatic heterocycles. The third-order valence-electron chi connectivity index (χ3n) is 13.1. The molecule has 6 nitrogen and oxygen atoms in total. The highest BCUT2D eigenvalue weighted by Gasteiger charge is 2.26. The molecule has 9 aromatic carbocycles. The maximum atomic E-state index is 11.1. The largest absolute Gasteiger partial charge is 0.308 e. The second-order valence-electron chi connectivity index (χ2n) is 18.0. The Balaban J connectivity index is 1.23. The topological polar surface area (TPSA) is 80.3 Å². The SMILES string of the molecule is Cc1cccc(-c2ccc3c(c2)c2cc(-c4cccc(C)c4)ccc2n3-c2c(-c3nc(-c4ccccc4)cc(-c4ccccc4)n3)cc(C#N)cc2-c2nc(-c3ccccc3)cc(-c3ccccc3)n2)c1. The van der Waals surface area contributed by atoms with E-state index in [2.05, 4.69) is 158 Å². The van der Waals surface area contributed by atoms with Crippen LogP contribution in [0.5, 0.6) is 0 Å². The van der Waals surface area contributed by atoms with E-state index in [0.29, 0.717) is 28.3 Å². The van der Waals surface area contributed by atoms with Crippen molar-refractivity contribution in [3.05, 3.63) is 247 Å². The van der Waals surface area contributed by atoms with Gasteiger partial charge in [-0.25, -0.2) is 19.9 Å². The van der Waals surface area contributed by atoms with E-state index in [1.54, 1.807) is 0 Å². The molecule has 0 saturated heterocycles. The van der Waals surface area contributed by atoms with Gasteiger partial charge in [0.1, 0.15) is 0 Å². The summed E-state index contributed by atoms with van der Waals surface area (Å²) in [5.41, 5.74) is 18.1. The molecular weight excluding hydrogens is 865 g/mol. The number of hydrogen-bond acceptors (Lipinski definition) is 5. The molecule has 0 radical (unpaired) electrons. The van der Waals surface area contributed by atoms with E-state index < -0.39 is 0 Å². The van der Waals surface area contributed by atoms with Gasteiger partial charge in [-0.05, 0) is 84.6 Å². The summed E-state index contributed by atoms with van der Waals surface area (Å²) in [5.74, 6) is 0.924. The van der Waals surface area contributed by atoms with Gasteiger partial charge in [-0.2, -0.15) is 5.26 Å². The van der Waals surface area contributed by atoms with Gasteiger partial charge in [0.05, 0.1) is 51.1 Å². The zero-order chi connectivity index (χ0) is 47.8. The molecule has 0 fully saturated rings. The standard InChI is InChI=1S/C65H44N6/c1-42-17-15-27-49(33-42)51-29-31-61-53(37-51)54-38-52(50-28-16-18-43(2)34-50)30-32-62(54)71(61)63-55(64-67-57(45-19-7-3-8-20-45)39-58(68-64)46-21-9-4-10-22-46)35-44(41-66)36-56(63)65-69-59(47-23-11-5-12-24-47)40-60(70-65)48-25-13-6-14-26-48/h3-40H,1-2H3. The van der Waals surface area contributed by atoms with E-state index >= 15 is 0 Å². The van der Waals surface area contributed by atoms with E-state index in [0.717, 1.165) is 94.8 Å². The first-order valence-corrected chi connectivity index (χ1v) is 23.8. The van der Waals surface area contributed by atoms with Crippen LogP contribution in [0.3, 0.4) is 0 Å². The van der Waals surface area contributed by atoms with Gasteiger partial charge in [0.15, 0.2) is 11.6 Å². The molecule has 71 heavy (non-hydrogen) atoms. The number of nitriles is 1. The second-order valence-corrected chi connectivity index (χ2v) is 18.0. The molecule has 0 spiro atoms. The summed E-state index contributed by atoms with van der Waals surface area (Å²) in [6.45, 7) is 4.26. The average molecular weight is 909 g/mol. The Morgan fingerprint density at radius 1 is 0.338 bits per heavy atom. The summed E-state index contributed by atoms with van der Waals surface area (Å²) in [6.07, 6.45) is 0. The van der Waals surface area contributed by atoms with Crippen molar-refractivity contribution in [2.45, 2.75) is 13.8 Å². The number of hydrogen-bond donors (Lipinski definition) is 0. The number of rotatable bonds is 9. The van der Waals surface area contributed by atoms with Crippen LogP contribution in [0.2, 0.25) is 0 Å². The van der Waals surface area contributed by atoms with Gasteiger partial charge >= 0.3 is 0 Å². The molecule has 12 aromatic rings. The highest BCUT2D eigenvalue weighted by atomic mass is 15.0. The minimum absolute atomic E-state index is 0.424.